The summed E-state index contributed by atoms with van der Waals surface area (Å²) in [5.41, 5.74) is 1.08. The van der Waals surface area contributed by atoms with Gasteiger partial charge in [0.05, 0.1) is 18.8 Å². The normalized spacial score (nSPS) is 30.8. The first-order valence-corrected chi connectivity index (χ1v) is 6.98. The van der Waals surface area contributed by atoms with Crippen LogP contribution in [-0.2, 0) is 14.2 Å². The van der Waals surface area contributed by atoms with Crippen LogP contribution < -0.4 is 0 Å². The van der Waals surface area contributed by atoms with E-state index in [9.17, 15) is 0 Å². The molecule has 1 heterocycles. The molecule has 1 aliphatic rings. The lowest BCUT2D eigenvalue weighted by Gasteiger charge is -2.39. The molecule has 0 aromatic heterocycles. The van der Waals surface area contributed by atoms with Gasteiger partial charge in [-0.15, -0.1) is 0 Å². The lowest BCUT2D eigenvalue weighted by atomic mass is 9.89. The third kappa shape index (κ3) is 3.35. The Morgan fingerprint density at radius 2 is 1.89 bits per heavy atom. The van der Waals surface area contributed by atoms with Gasteiger partial charge in [-0.1, -0.05) is 44.2 Å². The highest BCUT2D eigenvalue weighted by molar-refractivity contribution is 5.16. The maximum atomic E-state index is 6.17. The summed E-state index contributed by atoms with van der Waals surface area (Å²) in [6.07, 6.45) is 0.0878. The lowest BCUT2D eigenvalue weighted by Crippen LogP contribution is -2.42. The molecule has 2 rings (SSSR count). The maximum Gasteiger partial charge on any atom is 0.184 e. The van der Waals surface area contributed by atoms with Crippen LogP contribution in [0.15, 0.2) is 30.3 Å². The SMILES string of the molecule is CO[C@@H](C)[C@H](C)[C@@H]1O[C@H](c2ccccc2)OC[C@H]1C. The van der Waals surface area contributed by atoms with Crippen molar-refractivity contribution in [1.82, 2.24) is 0 Å². The van der Waals surface area contributed by atoms with Crippen molar-refractivity contribution in [2.24, 2.45) is 11.8 Å². The summed E-state index contributed by atoms with van der Waals surface area (Å²) in [5, 5.41) is 0. The van der Waals surface area contributed by atoms with Crippen molar-refractivity contribution < 1.29 is 14.2 Å². The summed E-state index contributed by atoms with van der Waals surface area (Å²) in [4.78, 5) is 0. The Labute approximate surface area is 115 Å². The van der Waals surface area contributed by atoms with E-state index in [4.69, 9.17) is 14.2 Å². The zero-order valence-corrected chi connectivity index (χ0v) is 12.2. The summed E-state index contributed by atoms with van der Waals surface area (Å²) in [5.74, 6) is 0.725. The van der Waals surface area contributed by atoms with Crippen LogP contribution in [0.2, 0.25) is 0 Å². The standard InChI is InChI=1S/C16H24O3/c1-11-10-18-16(14-8-6-5-7-9-14)19-15(11)12(2)13(3)17-4/h5-9,11-13,15-16H,10H2,1-4H3/t11-,12+,13+,15-,16-/m1/s1. The van der Waals surface area contributed by atoms with E-state index >= 15 is 0 Å². The van der Waals surface area contributed by atoms with Crippen molar-refractivity contribution >= 4 is 0 Å². The van der Waals surface area contributed by atoms with Crippen LogP contribution >= 0.6 is 0 Å². The highest BCUT2D eigenvalue weighted by atomic mass is 16.7. The number of hydrogen-bond acceptors (Lipinski definition) is 3. The largest absolute Gasteiger partial charge is 0.381 e. The van der Waals surface area contributed by atoms with E-state index in [2.05, 4.69) is 20.8 Å². The fourth-order valence-electron chi connectivity index (χ4n) is 2.56. The van der Waals surface area contributed by atoms with Crippen LogP contribution in [0.25, 0.3) is 0 Å². The molecule has 0 saturated carbocycles. The van der Waals surface area contributed by atoms with Crippen molar-refractivity contribution in [2.75, 3.05) is 13.7 Å². The zero-order chi connectivity index (χ0) is 13.8. The molecule has 1 aromatic carbocycles. The summed E-state index contributed by atoms with van der Waals surface area (Å²) in [6.45, 7) is 7.17. The van der Waals surface area contributed by atoms with Gasteiger partial charge in [-0.3, -0.25) is 0 Å². The second-order valence-electron chi connectivity index (χ2n) is 5.45. The van der Waals surface area contributed by atoms with Gasteiger partial charge in [0, 0.05) is 24.5 Å². The smallest absolute Gasteiger partial charge is 0.184 e. The minimum Gasteiger partial charge on any atom is -0.381 e. The molecule has 19 heavy (non-hydrogen) atoms. The van der Waals surface area contributed by atoms with Crippen LogP contribution in [0.1, 0.15) is 32.6 Å². The fourth-order valence-corrected chi connectivity index (χ4v) is 2.56. The Balaban J connectivity index is 2.08. The summed E-state index contributed by atoms with van der Waals surface area (Å²) in [7, 11) is 1.75. The van der Waals surface area contributed by atoms with Gasteiger partial charge >= 0.3 is 0 Å². The van der Waals surface area contributed by atoms with E-state index < -0.39 is 0 Å². The molecule has 0 aliphatic carbocycles. The monoisotopic (exact) mass is 264 g/mol. The molecule has 1 saturated heterocycles. The number of hydrogen-bond donors (Lipinski definition) is 0. The number of ether oxygens (including phenoxy) is 3. The van der Waals surface area contributed by atoms with Gasteiger partial charge in [0.25, 0.3) is 0 Å². The van der Waals surface area contributed by atoms with Crippen LogP contribution in [-0.4, -0.2) is 25.9 Å². The maximum absolute atomic E-state index is 6.17. The highest BCUT2D eigenvalue weighted by Crippen LogP contribution is 2.33. The minimum atomic E-state index is -0.256. The average Bonchev–Trinajstić information content (AvgIpc) is 2.47. The molecule has 5 atom stereocenters. The minimum absolute atomic E-state index is 0.161. The van der Waals surface area contributed by atoms with Crippen molar-refractivity contribution in [1.29, 1.82) is 0 Å². The Morgan fingerprint density at radius 1 is 1.21 bits per heavy atom. The summed E-state index contributed by atoms with van der Waals surface area (Å²) in [6, 6.07) is 10.1. The quantitative estimate of drug-likeness (QED) is 0.834. The topological polar surface area (TPSA) is 27.7 Å². The van der Waals surface area contributed by atoms with E-state index in [1.165, 1.54) is 0 Å². The summed E-state index contributed by atoms with van der Waals surface area (Å²) < 4.78 is 17.4. The van der Waals surface area contributed by atoms with E-state index in [0.717, 1.165) is 12.2 Å². The van der Waals surface area contributed by atoms with Crippen LogP contribution in [0.3, 0.4) is 0 Å². The van der Waals surface area contributed by atoms with Crippen molar-refractivity contribution in [3.8, 4) is 0 Å². The first-order chi connectivity index (χ1) is 9.13. The van der Waals surface area contributed by atoms with Gasteiger partial charge in [0.1, 0.15) is 0 Å². The van der Waals surface area contributed by atoms with Crippen LogP contribution in [0.4, 0.5) is 0 Å². The first-order valence-electron chi connectivity index (χ1n) is 6.98. The van der Waals surface area contributed by atoms with Gasteiger partial charge in [-0.2, -0.15) is 0 Å². The molecular weight excluding hydrogens is 240 g/mol. The summed E-state index contributed by atoms with van der Waals surface area (Å²) >= 11 is 0. The van der Waals surface area contributed by atoms with Crippen molar-refractivity contribution in [2.45, 2.75) is 39.3 Å². The molecule has 0 bridgehead atoms. The number of benzene rings is 1. The fraction of sp³-hybridized carbons (Fsp3) is 0.625. The Kier molecular flexibility index (Phi) is 4.97. The molecule has 0 amide bonds. The molecule has 0 radical (unpaired) electrons. The molecule has 3 nitrogen and oxygen atoms in total. The van der Waals surface area contributed by atoms with E-state index in [-0.39, 0.29) is 18.5 Å². The molecular formula is C16H24O3. The predicted octanol–water partition coefficient (Wildman–Crippen LogP) is 3.41. The molecule has 3 heteroatoms. The van der Waals surface area contributed by atoms with Gasteiger partial charge in [-0.05, 0) is 6.92 Å². The Morgan fingerprint density at radius 3 is 2.53 bits per heavy atom. The van der Waals surface area contributed by atoms with E-state index in [1.807, 2.05) is 30.3 Å². The second kappa shape index (κ2) is 6.51. The third-order valence-corrected chi connectivity index (χ3v) is 4.05. The van der Waals surface area contributed by atoms with Gasteiger partial charge in [0.2, 0.25) is 0 Å². The molecule has 1 fully saturated rings. The molecule has 1 aromatic rings. The van der Waals surface area contributed by atoms with E-state index in [0.29, 0.717) is 11.8 Å². The number of methoxy groups -OCH3 is 1. The molecule has 1 aliphatic heterocycles. The van der Waals surface area contributed by atoms with Gasteiger partial charge in [-0.25, -0.2) is 0 Å². The Hall–Kier alpha value is -0.900. The average molecular weight is 264 g/mol. The molecule has 0 unspecified atom stereocenters. The molecule has 0 N–H and O–H groups in total. The highest BCUT2D eigenvalue weighted by Gasteiger charge is 2.35. The zero-order valence-electron chi connectivity index (χ0n) is 12.2. The molecule has 0 spiro atoms. The van der Waals surface area contributed by atoms with Gasteiger partial charge in [0.15, 0.2) is 6.29 Å². The molecule has 106 valence electrons. The predicted molar refractivity (Wildman–Crippen MR) is 74.8 cm³/mol. The van der Waals surface area contributed by atoms with E-state index in [1.54, 1.807) is 7.11 Å². The third-order valence-electron chi connectivity index (χ3n) is 4.05. The lowest BCUT2D eigenvalue weighted by molar-refractivity contribution is -0.256. The van der Waals surface area contributed by atoms with Crippen molar-refractivity contribution in [3.05, 3.63) is 35.9 Å². The first kappa shape index (κ1) is 14.5. The number of rotatable bonds is 4. The Bertz CT molecular complexity index is 379. The second-order valence-corrected chi connectivity index (χ2v) is 5.45. The van der Waals surface area contributed by atoms with Crippen LogP contribution in [0, 0.1) is 11.8 Å². The van der Waals surface area contributed by atoms with Crippen LogP contribution in [0.5, 0.6) is 0 Å². The van der Waals surface area contributed by atoms with Crippen molar-refractivity contribution in [3.63, 3.8) is 0 Å². The van der Waals surface area contributed by atoms with Gasteiger partial charge < -0.3 is 14.2 Å².